The van der Waals surface area contributed by atoms with Crippen LogP contribution in [0.5, 0.6) is 0 Å². The summed E-state index contributed by atoms with van der Waals surface area (Å²) in [5.41, 5.74) is 2.47. The summed E-state index contributed by atoms with van der Waals surface area (Å²) in [5.74, 6) is 0.169. The lowest BCUT2D eigenvalue weighted by molar-refractivity contribution is -0.129. The highest BCUT2D eigenvalue weighted by atomic mass is 16.2. The largest absolute Gasteiger partial charge is 0.342 e. The van der Waals surface area contributed by atoms with E-state index < -0.39 is 0 Å². The molecule has 1 amide bonds. The van der Waals surface area contributed by atoms with Crippen molar-refractivity contribution < 1.29 is 4.79 Å². The molecule has 1 N–H and O–H groups in total. The Kier molecular flexibility index (Phi) is 5.70. The molecule has 3 heteroatoms. The number of nitrogens with zero attached hydrogens (tertiary/aromatic N) is 1. The molecule has 0 saturated carbocycles. The Labute approximate surface area is 104 Å². The molecular formula is C14H22N2O. The lowest BCUT2D eigenvalue weighted by Crippen LogP contribution is -2.37. The van der Waals surface area contributed by atoms with Crippen molar-refractivity contribution in [3.8, 4) is 0 Å². The van der Waals surface area contributed by atoms with Gasteiger partial charge in [-0.1, -0.05) is 29.8 Å². The SMILES string of the molecule is CCN(CC)C(=O)CNCc1cccc(C)c1. The van der Waals surface area contributed by atoms with Crippen LogP contribution in [0.3, 0.4) is 0 Å². The second kappa shape index (κ2) is 7.07. The van der Waals surface area contributed by atoms with E-state index in [1.165, 1.54) is 11.1 Å². The minimum Gasteiger partial charge on any atom is -0.342 e. The molecule has 0 aliphatic rings. The highest BCUT2D eigenvalue weighted by Gasteiger charge is 2.07. The van der Waals surface area contributed by atoms with E-state index in [9.17, 15) is 4.79 Å². The second-order valence-corrected chi connectivity index (χ2v) is 4.16. The summed E-state index contributed by atoms with van der Waals surface area (Å²) < 4.78 is 0. The topological polar surface area (TPSA) is 32.3 Å². The van der Waals surface area contributed by atoms with E-state index in [0.717, 1.165) is 19.6 Å². The van der Waals surface area contributed by atoms with E-state index in [1.54, 1.807) is 0 Å². The molecule has 0 heterocycles. The minimum atomic E-state index is 0.169. The zero-order valence-electron chi connectivity index (χ0n) is 11.0. The van der Waals surface area contributed by atoms with Gasteiger partial charge in [0.1, 0.15) is 0 Å². The van der Waals surface area contributed by atoms with E-state index in [2.05, 4.69) is 30.4 Å². The molecule has 0 aliphatic heterocycles. The Morgan fingerprint density at radius 1 is 1.29 bits per heavy atom. The average Bonchev–Trinajstić information content (AvgIpc) is 2.30. The number of amides is 1. The van der Waals surface area contributed by atoms with Crippen LogP contribution in [-0.2, 0) is 11.3 Å². The van der Waals surface area contributed by atoms with Crippen molar-refractivity contribution in [1.29, 1.82) is 0 Å². The lowest BCUT2D eigenvalue weighted by Gasteiger charge is -2.18. The molecule has 1 aromatic rings. The number of nitrogens with one attached hydrogen (secondary N) is 1. The fourth-order valence-corrected chi connectivity index (χ4v) is 1.82. The standard InChI is InChI=1S/C14H22N2O/c1-4-16(5-2)14(17)11-15-10-13-8-6-7-12(3)9-13/h6-9,15H,4-5,10-11H2,1-3H3. The van der Waals surface area contributed by atoms with Crippen LogP contribution in [-0.4, -0.2) is 30.4 Å². The van der Waals surface area contributed by atoms with Crippen LogP contribution < -0.4 is 5.32 Å². The number of likely N-dealkylation sites (N-methyl/N-ethyl adjacent to an activating group) is 1. The van der Waals surface area contributed by atoms with Crippen LogP contribution in [0, 0.1) is 6.92 Å². The molecule has 0 aromatic heterocycles. The van der Waals surface area contributed by atoms with Gasteiger partial charge in [-0.15, -0.1) is 0 Å². The Morgan fingerprint density at radius 2 is 2.00 bits per heavy atom. The molecule has 0 atom stereocenters. The lowest BCUT2D eigenvalue weighted by atomic mass is 10.1. The number of rotatable bonds is 6. The summed E-state index contributed by atoms with van der Waals surface area (Å²) in [7, 11) is 0. The highest BCUT2D eigenvalue weighted by molar-refractivity contribution is 5.78. The molecule has 0 fully saturated rings. The number of hydrogen-bond acceptors (Lipinski definition) is 2. The molecule has 1 aromatic carbocycles. The quantitative estimate of drug-likeness (QED) is 0.816. The smallest absolute Gasteiger partial charge is 0.236 e. The van der Waals surface area contributed by atoms with Crippen molar-refractivity contribution in [2.75, 3.05) is 19.6 Å². The van der Waals surface area contributed by atoms with Crippen LogP contribution in [0.25, 0.3) is 0 Å². The van der Waals surface area contributed by atoms with Gasteiger partial charge < -0.3 is 10.2 Å². The molecule has 0 aliphatic carbocycles. The van der Waals surface area contributed by atoms with Crippen molar-refractivity contribution in [3.05, 3.63) is 35.4 Å². The first-order valence-electron chi connectivity index (χ1n) is 6.21. The third kappa shape index (κ3) is 4.57. The van der Waals surface area contributed by atoms with Gasteiger partial charge in [0.15, 0.2) is 0 Å². The van der Waals surface area contributed by atoms with Crippen molar-refractivity contribution in [2.24, 2.45) is 0 Å². The molecule has 0 unspecified atom stereocenters. The predicted molar refractivity (Wildman–Crippen MR) is 70.8 cm³/mol. The minimum absolute atomic E-state index is 0.169. The summed E-state index contributed by atoms with van der Waals surface area (Å²) >= 11 is 0. The number of aryl methyl sites for hydroxylation is 1. The Bertz CT molecular complexity index is 359. The molecule has 94 valence electrons. The summed E-state index contributed by atoms with van der Waals surface area (Å²) in [5, 5.41) is 3.19. The zero-order valence-corrected chi connectivity index (χ0v) is 11.0. The van der Waals surface area contributed by atoms with E-state index in [-0.39, 0.29) is 5.91 Å². The molecule has 0 bridgehead atoms. The highest BCUT2D eigenvalue weighted by Crippen LogP contribution is 2.03. The monoisotopic (exact) mass is 234 g/mol. The van der Waals surface area contributed by atoms with Gasteiger partial charge in [-0.2, -0.15) is 0 Å². The average molecular weight is 234 g/mol. The van der Waals surface area contributed by atoms with Gasteiger partial charge in [-0.3, -0.25) is 4.79 Å². The Morgan fingerprint density at radius 3 is 2.59 bits per heavy atom. The number of carbonyl (C=O) groups is 1. The van der Waals surface area contributed by atoms with Crippen LogP contribution in [0.2, 0.25) is 0 Å². The molecule has 0 spiro atoms. The summed E-state index contributed by atoms with van der Waals surface area (Å²) in [6.45, 7) is 8.79. The normalized spacial score (nSPS) is 10.3. The first kappa shape index (κ1) is 13.7. The van der Waals surface area contributed by atoms with Crippen LogP contribution in [0.1, 0.15) is 25.0 Å². The fraction of sp³-hybridized carbons (Fsp3) is 0.500. The van der Waals surface area contributed by atoms with E-state index in [0.29, 0.717) is 6.54 Å². The third-order valence-corrected chi connectivity index (χ3v) is 2.80. The summed E-state index contributed by atoms with van der Waals surface area (Å²) in [4.78, 5) is 13.6. The molecule has 3 nitrogen and oxygen atoms in total. The van der Waals surface area contributed by atoms with Gasteiger partial charge in [0.25, 0.3) is 0 Å². The van der Waals surface area contributed by atoms with Crippen LogP contribution in [0.4, 0.5) is 0 Å². The van der Waals surface area contributed by atoms with E-state index >= 15 is 0 Å². The predicted octanol–water partition coefficient (Wildman–Crippen LogP) is 1.95. The van der Waals surface area contributed by atoms with Gasteiger partial charge >= 0.3 is 0 Å². The molecular weight excluding hydrogens is 212 g/mol. The van der Waals surface area contributed by atoms with Crippen molar-refractivity contribution in [2.45, 2.75) is 27.3 Å². The van der Waals surface area contributed by atoms with Gasteiger partial charge in [0.2, 0.25) is 5.91 Å². The fourth-order valence-electron chi connectivity index (χ4n) is 1.82. The first-order valence-corrected chi connectivity index (χ1v) is 6.21. The molecule has 17 heavy (non-hydrogen) atoms. The van der Waals surface area contributed by atoms with Crippen molar-refractivity contribution in [3.63, 3.8) is 0 Å². The molecule has 1 rings (SSSR count). The summed E-state index contributed by atoms with van der Waals surface area (Å²) in [6.07, 6.45) is 0. The number of carbonyl (C=O) groups excluding carboxylic acids is 1. The molecule has 0 saturated heterocycles. The van der Waals surface area contributed by atoms with Crippen molar-refractivity contribution >= 4 is 5.91 Å². The van der Waals surface area contributed by atoms with Gasteiger partial charge in [-0.05, 0) is 26.3 Å². The Balaban J connectivity index is 2.35. The van der Waals surface area contributed by atoms with E-state index in [1.807, 2.05) is 24.8 Å². The third-order valence-electron chi connectivity index (χ3n) is 2.80. The van der Waals surface area contributed by atoms with Crippen molar-refractivity contribution in [1.82, 2.24) is 10.2 Å². The second-order valence-electron chi connectivity index (χ2n) is 4.16. The van der Waals surface area contributed by atoms with Crippen LogP contribution in [0.15, 0.2) is 24.3 Å². The van der Waals surface area contributed by atoms with Gasteiger partial charge in [0, 0.05) is 19.6 Å². The zero-order chi connectivity index (χ0) is 12.7. The maximum absolute atomic E-state index is 11.7. The van der Waals surface area contributed by atoms with E-state index in [4.69, 9.17) is 0 Å². The maximum Gasteiger partial charge on any atom is 0.236 e. The molecule has 0 radical (unpaired) electrons. The number of hydrogen-bond donors (Lipinski definition) is 1. The number of benzene rings is 1. The summed E-state index contributed by atoms with van der Waals surface area (Å²) in [6, 6.07) is 8.32. The van der Waals surface area contributed by atoms with Crippen LogP contribution >= 0.6 is 0 Å². The Hall–Kier alpha value is -1.35. The van der Waals surface area contributed by atoms with Gasteiger partial charge in [0.05, 0.1) is 6.54 Å². The maximum atomic E-state index is 11.7. The first-order chi connectivity index (χ1) is 8.17. The van der Waals surface area contributed by atoms with Gasteiger partial charge in [-0.25, -0.2) is 0 Å².